The summed E-state index contributed by atoms with van der Waals surface area (Å²) in [6.07, 6.45) is 3.00. The third-order valence-electron chi connectivity index (χ3n) is 5.21. The summed E-state index contributed by atoms with van der Waals surface area (Å²) in [6.45, 7) is 1.86. The first-order valence-electron chi connectivity index (χ1n) is 9.65. The van der Waals surface area contributed by atoms with Crippen LogP contribution in [-0.2, 0) is 11.2 Å². The van der Waals surface area contributed by atoms with E-state index in [2.05, 4.69) is 5.32 Å². The molecule has 8 heteroatoms. The molecule has 1 aliphatic heterocycles. The number of hydrogen-bond acceptors (Lipinski definition) is 4. The molecule has 0 atom stereocenters. The summed E-state index contributed by atoms with van der Waals surface area (Å²) in [6, 6.07) is 12.3. The Morgan fingerprint density at radius 1 is 1.14 bits per heavy atom. The molecule has 6 nitrogen and oxygen atoms in total. The first kappa shape index (κ1) is 21.4. The summed E-state index contributed by atoms with van der Waals surface area (Å²) in [5.41, 5.74) is 1.82. The Balaban J connectivity index is 1.43. The van der Waals surface area contributed by atoms with E-state index in [1.54, 1.807) is 24.3 Å². The third-order valence-corrected chi connectivity index (χ3v) is 5.95. The van der Waals surface area contributed by atoms with Crippen molar-refractivity contribution in [3.05, 3.63) is 68.2 Å². The molecule has 154 valence electrons. The van der Waals surface area contributed by atoms with E-state index in [4.69, 9.17) is 23.2 Å². The number of nitrogens with one attached hydrogen (secondary N) is 1. The topological polar surface area (TPSA) is 75.5 Å². The summed E-state index contributed by atoms with van der Waals surface area (Å²) in [5.74, 6) is 0.000319. The van der Waals surface area contributed by atoms with Gasteiger partial charge < -0.3 is 10.2 Å². The molecule has 1 fully saturated rings. The van der Waals surface area contributed by atoms with Gasteiger partial charge >= 0.3 is 0 Å². The molecule has 29 heavy (non-hydrogen) atoms. The highest BCUT2D eigenvalue weighted by Crippen LogP contribution is 2.31. The third kappa shape index (κ3) is 5.61. The van der Waals surface area contributed by atoms with E-state index < -0.39 is 0 Å². The normalized spacial score (nSPS) is 14.6. The summed E-state index contributed by atoms with van der Waals surface area (Å²) >= 11 is 11.9. The average Bonchev–Trinajstić information content (AvgIpc) is 2.73. The van der Waals surface area contributed by atoms with Crippen LogP contribution in [0.1, 0.15) is 24.8 Å². The van der Waals surface area contributed by atoms with Crippen molar-refractivity contribution in [2.24, 2.45) is 5.92 Å². The number of carbonyl (C=O) groups is 1. The van der Waals surface area contributed by atoms with Crippen LogP contribution >= 0.6 is 23.2 Å². The maximum atomic E-state index is 12.5. The van der Waals surface area contributed by atoms with Gasteiger partial charge in [0, 0.05) is 31.6 Å². The van der Waals surface area contributed by atoms with Crippen LogP contribution in [0.2, 0.25) is 10.0 Å². The van der Waals surface area contributed by atoms with Crippen LogP contribution in [0, 0.1) is 16.0 Å². The van der Waals surface area contributed by atoms with Gasteiger partial charge in [0.05, 0.1) is 15.0 Å². The second-order valence-electron chi connectivity index (χ2n) is 7.15. The van der Waals surface area contributed by atoms with Gasteiger partial charge in [-0.1, -0.05) is 41.4 Å². The molecule has 2 aromatic carbocycles. The van der Waals surface area contributed by atoms with Gasteiger partial charge in [0.1, 0.15) is 5.69 Å². The molecular weight excluding hydrogens is 413 g/mol. The largest absolute Gasteiger partial charge is 0.366 e. The lowest BCUT2D eigenvalue weighted by atomic mass is 9.95. The SMILES string of the molecule is O=C(NCCCc1ccc(Cl)c(Cl)c1)C1CCN(c2ccccc2[N+](=O)[O-])CC1. The zero-order valence-corrected chi connectivity index (χ0v) is 17.5. The Labute approximate surface area is 179 Å². The van der Waals surface area contributed by atoms with Crippen LogP contribution in [0.3, 0.4) is 0 Å². The van der Waals surface area contributed by atoms with Crippen molar-refractivity contribution in [2.75, 3.05) is 24.5 Å². The Morgan fingerprint density at radius 3 is 2.55 bits per heavy atom. The van der Waals surface area contributed by atoms with Crippen LogP contribution in [0.15, 0.2) is 42.5 Å². The van der Waals surface area contributed by atoms with E-state index in [9.17, 15) is 14.9 Å². The van der Waals surface area contributed by atoms with Crippen LogP contribution in [-0.4, -0.2) is 30.5 Å². The van der Waals surface area contributed by atoms with Crippen molar-refractivity contribution in [3.63, 3.8) is 0 Å². The number of para-hydroxylation sites is 2. The molecule has 1 aliphatic rings. The van der Waals surface area contributed by atoms with Gasteiger partial charge in [-0.3, -0.25) is 14.9 Å². The molecule has 0 saturated carbocycles. The van der Waals surface area contributed by atoms with Gasteiger partial charge in [-0.15, -0.1) is 0 Å². The number of hydrogen-bond donors (Lipinski definition) is 1. The van der Waals surface area contributed by atoms with Gasteiger partial charge in [0.25, 0.3) is 5.69 Å². The molecule has 1 saturated heterocycles. The predicted molar refractivity (Wildman–Crippen MR) is 116 cm³/mol. The monoisotopic (exact) mass is 435 g/mol. The number of halogens is 2. The first-order chi connectivity index (χ1) is 14.0. The number of nitro groups is 1. The lowest BCUT2D eigenvalue weighted by Gasteiger charge is -2.32. The van der Waals surface area contributed by atoms with E-state index >= 15 is 0 Å². The van der Waals surface area contributed by atoms with Gasteiger partial charge in [-0.05, 0) is 49.4 Å². The maximum Gasteiger partial charge on any atom is 0.292 e. The molecule has 2 aromatic rings. The number of benzene rings is 2. The van der Waals surface area contributed by atoms with E-state index in [0.717, 1.165) is 18.4 Å². The van der Waals surface area contributed by atoms with Gasteiger partial charge in [0.15, 0.2) is 0 Å². The van der Waals surface area contributed by atoms with Crippen molar-refractivity contribution in [2.45, 2.75) is 25.7 Å². The molecule has 1 amide bonds. The molecule has 0 aliphatic carbocycles. The number of nitrogens with zero attached hydrogens (tertiary/aromatic N) is 2. The summed E-state index contributed by atoms with van der Waals surface area (Å²) < 4.78 is 0. The fourth-order valence-corrected chi connectivity index (χ4v) is 3.93. The van der Waals surface area contributed by atoms with E-state index in [1.807, 2.05) is 17.0 Å². The summed E-state index contributed by atoms with van der Waals surface area (Å²) in [7, 11) is 0. The summed E-state index contributed by atoms with van der Waals surface area (Å²) in [4.78, 5) is 25.3. The van der Waals surface area contributed by atoms with Crippen LogP contribution in [0.4, 0.5) is 11.4 Å². The Bertz CT molecular complexity index is 883. The Morgan fingerprint density at radius 2 is 1.86 bits per heavy atom. The standard InChI is InChI=1S/C21H23Cl2N3O3/c22-17-8-7-15(14-18(17)23)4-3-11-24-21(27)16-9-12-25(13-10-16)19-5-1-2-6-20(19)26(28)29/h1-2,5-8,14,16H,3-4,9-13H2,(H,24,27). The van der Waals surface area contributed by atoms with Crippen LogP contribution < -0.4 is 10.2 Å². The Kier molecular flexibility index (Phi) is 7.34. The quantitative estimate of drug-likeness (QED) is 0.382. The molecule has 1 N–H and O–H groups in total. The number of piperidine rings is 1. The smallest absolute Gasteiger partial charge is 0.292 e. The van der Waals surface area contributed by atoms with E-state index in [-0.39, 0.29) is 22.4 Å². The minimum absolute atomic E-state index is 0.0565. The zero-order chi connectivity index (χ0) is 20.8. The highest BCUT2D eigenvalue weighted by Gasteiger charge is 2.27. The second-order valence-corrected chi connectivity index (χ2v) is 7.96. The van der Waals surface area contributed by atoms with Crippen molar-refractivity contribution in [1.82, 2.24) is 5.32 Å². The molecule has 0 unspecified atom stereocenters. The number of carbonyl (C=O) groups excluding carboxylic acids is 1. The molecule has 0 spiro atoms. The van der Waals surface area contributed by atoms with E-state index in [1.165, 1.54) is 6.07 Å². The molecular formula is C21H23Cl2N3O3. The Hall–Kier alpha value is -2.31. The van der Waals surface area contributed by atoms with E-state index in [0.29, 0.717) is 48.2 Å². The fourth-order valence-electron chi connectivity index (χ4n) is 3.61. The maximum absolute atomic E-state index is 12.5. The minimum atomic E-state index is -0.359. The molecule has 0 aromatic heterocycles. The summed E-state index contributed by atoms with van der Waals surface area (Å²) in [5, 5.41) is 15.3. The lowest BCUT2D eigenvalue weighted by Crippen LogP contribution is -2.41. The highest BCUT2D eigenvalue weighted by molar-refractivity contribution is 6.42. The second kappa shape index (κ2) is 9.94. The number of rotatable bonds is 7. The molecule has 0 bridgehead atoms. The number of amides is 1. The highest BCUT2D eigenvalue weighted by atomic mass is 35.5. The molecule has 3 rings (SSSR count). The van der Waals surface area contributed by atoms with Crippen molar-refractivity contribution < 1.29 is 9.72 Å². The molecule has 0 radical (unpaired) electrons. The van der Waals surface area contributed by atoms with Crippen molar-refractivity contribution >= 4 is 40.5 Å². The van der Waals surface area contributed by atoms with Crippen molar-refractivity contribution in [3.8, 4) is 0 Å². The first-order valence-corrected chi connectivity index (χ1v) is 10.4. The van der Waals surface area contributed by atoms with Crippen LogP contribution in [0.5, 0.6) is 0 Å². The number of aryl methyl sites for hydroxylation is 1. The number of anilines is 1. The average molecular weight is 436 g/mol. The van der Waals surface area contributed by atoms with Crippen LogP contribution in [0.25, 0.3) is 0 Å². The van der Waals surface area contributed by atoms with Gasteiger partial charge in [-0.25, -0.2) is 0 Å². The lowest BCUT2D eigenvalue weighted by molar-refractivity contribution is -0.384. The zero-order valence-electron chi connectivity index (χ0n) is 15.9. The fraction of sp³-hybridized carbons (Fsp3) is 0.381. The predicted octanol–water partition coefficient (Wildman–Crippen LogP) is 4.87. The minimum Gasteiger partial charge on any atom is -0.366 e. The van der Waals surface area contributed by atoms with Crippen molar-refractivity contribution in [1.29, 1.82) is 0 Å². The molecule has 1 heterocycles. The van der Waals surface area contributed by atoms with Gasteiger partial charge in [0.2, 0.25) is 5.91 Å². The number of nitro benzene ring substituents is 1. The van der Waals surface area contributed by atoms with Gasteiger partial charge in [-0.2, -0.15) is 0 Å².